The summed E-state index contributed by atoms with van der Waals surface area (Å²) in [6.07, 6.45) is 1.25. The predicted octanol–water partition coefficient (Wildman–Crippen LogP) is 4.01. The molecule has 3 aromatic rings. The van der Waals surface area contributed by atoms with E-state index in [0.29, 0.717) is 15.7 Å². The van der Waals surface area contributed by atoms with Crippen LogP contribution in [0.4, 0.5) is 27.4 Å². The Morgan fingerprint density at radius 1 is 1.04 bits per heavy atom. The van der Waals surface area contributed by atoms with Crippen LogP contribution < -0.4 is 21.9 Å². The molecule has 138 valence electrons. The van der Waals surface area contributed by atoms with Crippen LogP contribution in [0.3, 0.4) is 0 Å². The number of hydrogen-bond donors (Lipinski definition) is 4. The van der Waals surface area contributed by atoms with Crippen molar-refractivity contribution in [3.8, 4) is 0 Å². The van der Waals surface area contributed by atoms with Gasteiger partial charge in [-0.25, -0.2) is 14.4 Å². The van der Waals surface area contributed by atoms with E-state index < -0.39 is 11.7 Å². The van der Waals surface area contributed by atoms with Crippen LogP contribution in [0.2, 0.25) is 10.0 Å². The number of anilines is 4. The first-order valence-electron chi connectivity index (χ1n) is 7.58. The number of carbonyl (C=O) groups is 1. The highest BCUT2D eigenvalue weighted by Gasteiger charge is 2.12. The van der Waals surface area contributed by atoms with Crippen LogP contribution >= 0.6 is 23.2 Å². The van der Waals surface area contributed by atoms with Crippen molar-refractivity contribution in [1.82, 2.24) is 15.4 Å². The lowest BCUT2D eigenvalue weighted by molar-refractivity contribution is 0.0962. The van der Waals surface area contributed by atoms with Gasteiger partial charge in [-0.1, -0.05) is 23.2 Å². The molecule has 3 rings (SSSR count). The molecule has 0 radical (unpaired) electrons. The second-order valence-electron chi connectivity index (χ2n) is 5.32. The summed E-state index contributed by atoms with van der Waals surface area (Å²) in [5, 5.41) is 3.87. The van der Waals surface area contributed by atoms with E-state index in [1.807, 2.05) is 0 Å². The third-order valence-corrected chi connectivity index (χ3v) is 4.03. The molecule has 0 fully saturated rings. The zero-order valence-electron chi connectivity index (χ0n) is 13.6. The van der Waals surface area contributed by atoms with Crippen molar-refractivity contribution in [1.29, 1.82) is 0 Å². The number of hydrazine groups is 1. The van der Waals surface area contributed by atoms with Crippen LogP contribution in [-0.4, -0.2) is 15.9 Å². The van der Waals surface area contributed by atoms with Crippen molar-refractivity contribution >= 4 is 52.1 Å². The Morgan fingerprint density at radius 3 is 2.48 bits per heavy atom. The van der Waals surface area contributed by atoms with Crippen LogP contribution in [0.25, 0.3) is 0 Å². The molecule has 0 bridgehead atoms. The summed E-state index contributed by atoms with van der Waals surface area (Å²) in [5.74, 6) is -0.482. The quantitative estimate of drug-likeness (QED) is 0.477. The molecule has 0 spiro atoms. The first kappa shape index (κ1) is 18.7. The van der Waals surface area contributed by atoms with Gasteiger partial charge < -0.3 is 11.1 Å². The summed E-state index contributed by atoms with van der Waals surface area (Å²) in [4.78, 5) is 20.1. The van der Waals surface area contributed by atoms with Crippen molar-refractivity contribution < 1.29 is 9.18 Å². The molecule has 0 aliphatic heterocycles. The molecular formula is C17H13Cl2FN6O. The van der Waals surface area contributed by atoms with Gasteiger partial charge in [-0.05, 0) is 42.5 Å². The molecule has 0 saturated carbocycles. The number of benzene rings is 2. The second-order valence-corrected chi connectivity index (χ2v) is 6.16. The SMILES string of the molecule is Nc1c(NNC(=O)c2ccc(F)cc2)ncnc1Nc1cc(Cl)ccc1Cl. The fourth-order valence-corrected chi connectivity index (χ4v) is 2.44. The Bertz CT molecular complexity index is 984. The van der Waals surface area contributed by atoms with Gasteiger partial charge in [0.15, 0.2) is 11.6 Å². The fraction of sp³-hybridized carbons (Fsp3) is 0. The second kappa shape index (κ2) is 8.07. The molecule has 0 saturated heterocycles. The normalized spacial score (nSPS) is 10.3. The number of carbonyl (C=O) groups excluding carboxylic acids is 1. The molecular weight excluding hydrogens is 394 g/mol. The number of nitrogens with one attached hydrogen (secondary N) is 3. The summed E-state index contributed by atoms with van der Waals surface area (Å²) >= 11 is 12.1. The summed E-state index contributed by atoms with van der Waals surface area (Å²) in [6.45, 7) is 0. The van der Waals surface area contributed by atoms with Gasteiger partial charge in [0, 0.05) is 10.6 Å². The highest BCUT2D eigenvalue weighted by atomic mass is 35.5. The smallest absolute Gasteiger partial charge is 0.269 e. The average molecular weight is 407 g/mol. The first-order chi connectivity index (χ1) is 12.9. The van der Waals surface area contributed by atoms with E-state index in [1.165, 1.54) is 30.6 Å². The summed E-state index contributed by atoms with van der Waals surface area (Å²) < 4.78 is 12.9. The van der Waals surface area contributed by atoms with Gasteiger partial charge in [-0.2, -0.15) is 0 Å². The van der Waals surface area contributed by atoms with Gasteiger partial charge in [-0.3, -0.25) is 15.6 Å². The number of aromatic nitrogens is 2. The number of halogens is 3. The lowest BCUT2D eigenvalue weighted by atomic mass is 10.2. The first-order valence-corrected chi connectivity index (χ1v) is 8.34. The molecule has 10 heteroatoms. The number of amides is 1. The minimum absolute atomic E-state index is 0.146. The summed E-state index contributed by atoms with van der Waals surface area (Å²) in [5.41, 5.74) is 12.0. The maximum Gasteiger partial charge on any atom is 0.269 e. The van der Waals surface area contributed by atoms with E-state index in [2.05, 4.69) is 26.1 Å². The van der Waals surface area contributed by atoms with E-state index in [0.717, 1.165) is 0 Å². The minimum atomic E-state index is -0.486. The molecule has 1 aromatic heterocycles. The number of nitrogens with two attached hydrogens (primary N) is 1. The van der Waals surface area contributed by atoms with Crippen molar-refractivity contribution in [3.05, 3.63) is 70.2 Å². The van der Waals surface area contributed by atoms with E-state index >= 15 is 0 Å². The van der Waals surface area contributed by atoms with Crippen LogP contribution in [0.1, 0.15) is 10.4 Å². The molecule has 1 amide bonds. The number of nitrogens with zero attached hydrogens (tertiary/aromatic N) is 2. The van der Waals surface area contributed by atoms with E-state index in [9.17, 15) is 9.18 Å². The molecule has 7 nitrogen and oxygen atoms in total. The standard InChI is InChI=1S/C17H13Cl2FN6O/c18-10-3-6-12(19)13(7-10)24-15-14(21)16(23-8-22-15)25-26-17(27)9-1-4-11(20)5-2-9/h1-8H,21H2,(H,26,27)(H2,22,23,24,25). The van der Waals surface area contributed by atoms with E-state index in [-0.39, 0.29) is 22.9 Å². The minimum Gasteiger partial charge on any atom is -0.393 e. The Balaban J connectivity index is 1.74. The zero-order valence-corrected chi connectivity index (χ0v) is 15.1. The number of hydrogen-bond acceptors (Lipinski definition) is 6. The fourth-order valence-electron chi connectivity index (χ4n) is 2.11. The topological polar surface area (TPSA) is 105 Å². The Morgan fingerprint density at radius 2 is 1.74 bits per heavy atom. The van der Waals surface area contributed by atoms with Gasteiger partial charge in [0.05, 0.1) is 10.7 Å². The van der Waals surface area contributed by atoms with Gasteiger partial charge in [-0.15, -0.1) is 0 Å². The van der Waals surface area contributed by atoms with E-state index in [4.69, 9.17) is 28.9 Å². The van der Waals surface area contributed by atoms with Crippen LogP contribution in [0.15, 0.2) is 48.8 Å². The largest absolute Gasteiger partial charge is 0.393 e. The Labute approximate surface area is 163 Å². The molecule has 0 aliphatic rings. The van der Waals surface area contributed by atoms with E-state index in [1.54, 1.807) is 18.2 Å². The molecule has 2 aromatic carbocycles. The molecule has 5 N–H and O–H groups in total. The highest BCUT2D eigenvalue weighted by molar-refractivity contribution is 6.35. The monoisotopic (exact) mass is 406 g/mol. The lowest BCUT2D eigenvalue weighted by Gasteiger charge is -2.14. The van der Waals surface area contributed by atoms with Crippen molar-refractivity contribution in [2.75, 3.05) is 16.5 Å². The Hall–Kier alpha value is -3.10. The molecule has 1 heterocycles. The predicted molar refractivity (Wildman–Crippen MR) is 104 cm³/mol. The van der Waals surface area contributed by atoms with Crippen LogP contribution in [-0.2, 0) is 0 Å². The molecule has 0 aliphatic carbocycles. The van der Waals surface area contributed by atoms with Gasteiger partial charge in [0.1, 0.15) is 17.8 Å². The molecule has 27 heavy (non-hydrogen) atoms. The highest BCUT2D eigenvalue weighted by Crippen LogP contribution is 2.31. The maximum absolute atomic E-state index is 12.9. The van der Waals surface area contributed by atoms with Gasteiger partial charge >= 0.3 is 0 Å². The van der Waals surface area contributed by atoms with Gasteiger partial charge in [0.25, 0.3) is 5.91 Å². The maximum atomic E-state index is 12.9. The lowest BCUT2D eigenvalue weighted by Crippen LogP contribution is -2.30. The van der Waals surface area contributed by atoms with Crippen molar-refractivity contribution in [2.24, 2.45) is 0 Å². The average Bonchev–Trinajstić information content (AvgIpc) is 2.65. The van der Waals surface area contributed by atoms with Crippen molar-refractivity contribution in [3.63, 3.8) is 0 Å². The van der Waals surface area contributed by atoms with Gasteiger partial charge in [0.2, 0.25) is 0 Å². The zero-order chi connectivity index (χ0) is 19.4. The third-order valence-electron chi connectivity index (χ3n) is 3.47. The molecule has 0 unspecified atom stereocenters. The summed E-state index contributed by atoms with van der Waals surface area (Å²) in [6, 6.07) is 9.97. The van der Waals surface area contributed by atoms with Crippen LogP contribution in [0.5, 0.6) is 0 Å². The number of nitrogen functional groups attached to an aromatic ring is 1. The molecule has 0 atom stereocenters. The van der Waals surface area contributed by atoms with Crippen LogP contribution in [0, 0.1) is 5.82 Å². The third kappa shape index (κ3) is 4.55. The van der Waals surface area contributed by atoms with Crippen molar-refractivity contribution in [2.45, 2.75) is 0 Å². The summed E-state index contributed by atoms with van der Waals surface area (Å²) in [7, 11) is 0. The number of rotatable bonds is 5. The Kier molecular flexibility index (Phi) is 5.58.